The first-order valence-corrected chi connectivity index (χ1v) is 15.8. The van der Waals surface area contributed by atoms with Gasteiger partial charge in [0.15, 0.2) is 0 Å². The molecule has 1 saturated heterocycles. The fraction of sp³-hybridized carbons (Fsp3) is 0.314. The van der Waals surface area contributed by atoms with Crippen LogP contribution >= 0.6 is 0 Å². The van der Waals surface area contributed by atoms with Crippen LogP contribution in [0.5, 0.6) is 0 Å². The summed E-state index contributed by atoms with van der Waals surface area (Å²) in [7, 11) is 0. The minimum Gasteiger partial charge on any atom is -0.480 e. The van der Waals surface area contributed by atoms with E-state index in [1.54, 1.807) is 53.4 Å². The Morgan fingerprint density at radius 2 is 1.60 bits per heavy atom. The Morgan fingerprint density at radius 3 is 2.26 bits per heavy atom. The molecule has 0 unspecified atom stereocenters. The molecule has 3 aromatic carbocycles. The van der Waals surface area contributed by atoms with Crippen molar-refractivity contribution in [3.63, 3.8) is 0 Å². The second kappa shape index (κ2) is 15.1. The zero-order valence-corrected chi connectivity index (χ0v) is 27.1. The fourth-order valence-electron chi connectivity index (χ4n) is 6.10. The molecule has 1 amide bonds. The molecule has 5 rings (SSSR count). The first kappa shape index (κ1) is 36.0. The third-order valence-corrected chi connectivity index (χ3v) is 8.69. The van der Waals surface area contributed by atoms with Gasteiger partial charge in [-0.1, -0.05) is 48.5 Å². The van der Waals surface area contributed by atoms with Crippen LogP contribution in [0.2, 0.25) is 0 Å². The van der Waals surface area contributed by atoms with E-state index in [9.17, 15) is 36.7 Å². The van der Waals surface area contributed by atoms with E-state index in [0.717, 1.165) is 32.9 Å². The van der Waals surface area contributed by atoms with Gasteiger partial charge in [-0.2, -0.15) is 13.2 Å². The molecule has 2 heterocycles. The van der Waals surface area contributed by atoms with Crippen LogP contribution in [0.3, 0.4) is 0 Å². The number of alkyl halides is 3. The van der Waals surface area contributed by atoms with Gasteiger partial charge in [0, 0.05) is 55.6 Å². The zero-order chi connectivity index (χ0) is 36.2. The molecule has 0 radical (unpaired) electrons. The van der Waals surface area contributed by atoms with Crippen LogP contribution in [-0.2, 0) is 30.6 Å². The molecular weight excluding hydrogens is 660 g/mol. The van der Waals surface area contributed by atoms with Gasteiger partial charge in [-0.3, -0.25) is 28.4 Å². The number of amides is 1. The molecule has 50 heavy (non-hydrogen) atoms. The van der Waals surface area contributed by atoms with Crippen molar-refractivity contribution in [2.75, 3.05) is 37.6 Å². The van der Waals surface area contributed by atoms with Crippen molar-refractivity contribution in [1.29, 1.82) is 0 Å². The van der Waals surface area contributed by atoms with Crippen LogP contribution in [0.1, 0.15) is 44.3 Å². The smallest absolute Gasteiger partial charge is 0.416 e. The van der Waals surface area contributed by atoms with Gasteiger partial charge in [0.05, 0.1) is 18.7 Å². The number of nitrogens with zero attached hydrogens (tertiary/aromatic N) is 4. The molecule has 11 nitrogen and oxygen atoms in total. The molecule has 1 atom stereocenters. The molecule has 1 fully saturated rings. The summed E-state index contributed by atoms with van der Waals surface area (Å²) < 4.78 is 58.7. The van der Waals surface area contributed by atoms with Gasteiger partial charge in [-0.05, 0) is 42.3 Å². The van der Waals surface area contributed by atoms with Gasteiger partial charge >= 0.3 is 17.8 Å². The predicted molar refractivity (Wildman–Crippen MR) is 177 cm³/mol. The van der Waals surface area contributed by atoms with E-state index in [2.05, 4.69) is 10.2 Å². The molecule has 264 valence electrons. The standard InChI is InChI=1S/C35H36F4N6O5/c1-22-31(43-15-13-42(14-16-43)19-23-7-5-10-25(17-23)32(48)41-18-30(46)47)33(49)45(21-29(40)24-8-3-2-4-9-24)34(50)44(22)20-26-27(35(37,38)39)11-6-12-28(26)36/h2-12,17,29H,13-16,18-21,40H2,1H3,(H,41,48)(H,46,47)/t29-/m1/s1. The number of anilines is 1. The number of halogens is 4. The Kier molecular flexibility index (Phi) is 10.9. The number of benzene rings is 3. The Morgan fingerprint density at radius 1 is 0.920 bits per heavy atom. The van der Waals surface area contributed by atoms with Crippen molar-refractivity contribution in [3.8, 4) is 0 Å². The Balaban J connectivity index is 1.45. The van der Waals surface area contributed by atoms with Crippen molar-refractivity contribution in [3.05, 3.63) is 133 Å². The highest BCUT2D eigenvalue weighted by Crippen LogP contribution is 2.33. The number of rotatable bonds is 11. The van der Waals surface area contributed by atoms with Crippen LogP contribution in [-0.4, -0.2) is 63.7 Å². The lowest BCUT2D eigenvalue weighted by Crippen LogP contribution is -2.51. The highest BCUT2D eigenvalue weighted by molar-refractivity contribution is 5.95. The van der Waals surface area contributed by atoms with E-state index in [1.807, 2.05) is 6.07 Å². The fourth-order valence-corrected chi connectivity index (χ4v) is 6.10. The van der Waals surface area contributed by atoms with Crippen LogP contribution < -0.4 is 27.2 Å². The molecule has 0 aliphatic carbocycles. The molecule has 4 aromatic rings. The van der Waals surface area contributed by atoms with Crippen LogP contribution in [0, 0.1) is 12.7 Å². The average Bonchev–Trinajstić information content (AvgIpc) is 3.08. The van der Waals surface area contributed by atoms with E-state index < -0.39 is 65.4 Å². The largest absolute Gasteiger partial charge is 0.480 e. The average molecular weight is 697 g/mol. The first-order chi connectivity index (χ1) is 23.7. The third kappa shape index (κ3) is 8.12. The van der Waals surface area contributed by atoms with E-state index in [-0.39, 0.29) is 17.9 Å². The minimum absolute atomic E-state index is 0.0921. The summed E-state index contributed by atoms with van der Waals surface area (Å²) in [6.07, 6.45) is -4.89. The SMILES string of the molecule is Cc1c(N2CCN(Cc3cccc(C(=O)NCC(=O)O)c3)CC2)c(=O)n(C[C@@H](N)c2ccccc2)c(=O)n1Cc1c(F)cccc1C(F)(F)F. The van der Waals surface area contributed by atoms with Gasteiger partial charge in [0.2, 0.25) is 0 Å². The van der Waals surface area contributed by atoms with E-state index >= 15 is 0 Å². The molecule has 0 bridgehead atoms. The number of nitrogens with one attached hydrogen (secondary N) is 1. The van der Waals surface area contributed by atoms with Crippen molar-refractivity contribution >= 4 is 17.6 Å². The molecule has 0 spiro atoms. The van der Waals surface area contributed by atoms with Crippen molar-refractivity contribution in [2.45, 2.75) is 38.8 Å². The topological polar surface area (TPSA) is 143 Å². The third-order valence-electron chi connectivity index (χ3n) is 8.69. The Bertz CT molecular complexity index is 1990. The van der Waals surface area contributed by atoms with Gasteiger partial charge in [-0.15, -0.1) is 0 Å². The van der Waals surface area contributed by atoms with Gasteiger partial charge in [0.25, 0.3) is 11.5 Å². The summed E-state index contributed by atoms with van der Waals surface area (Å²) in [6, 6.07) is 17.3. The number of carboxylic acid groups (broad SMARTS) is 1. The summed E-state index contributed by atoms with van der Waals surface area (Å²) in [5, 5.41) is 11.2. The summed E-state index contributed by atoms with van der Waals surface area (Å²) >= 11 is 0. The van der Waals surface area contributed by atoms with Crippen molar-refractivity contribution in [1.82, 2.24) is 19.4 Å². The van der Waals surface area contributed by atoms with Crippen LogP contribution in [0.15, 0.2) is 82.4 Å². The lowest BCUT2D eigenvalue weighted by atomic mass is 10.1. The molecule has 4 N–H and O–H groups in total. The van der Waals surface area contributed by atoms with Crippen molar-refractivity contribution in [2.24, 2.45) is 5.73 Å². The van der Waals surface area contributed by atoms with Crippen LogP contribution in [0.25, 0.3) is 0 Å². The number of carbonyl (C=O) groups excluding carboxylic acids is 1. The minimum atomic E-state index is -4.89. The highest BCUT2D eigenvalue weighted by Gasteiger charge is 2.35. The number of hydrogen-bond donors (Lipinski definition) is 3. The lowest BCUT2D eigenvalue weighted by molar-refractivity contribution is -0.138. The number of aromatic nitrogens is 2. The summed E-state index contributed by atoms with van der Waals surface area (Å²) in [5.41, 5.74) is 4.82. The number of aliphatic carboxylic acids is 1. The molecule has 0 saturated carbocycles. The Hall–Kier alpha value is -5.28. The molecule has 1 aromatic heterocycles. The second-order valence-electron chi connectivity index (χ2n) is 12.0. The van der Waals surface area contributed by atoms with Gasteiger partial charge in [0.1, 0.15) is 18.0 Å². The zero-order valence-electron chi connectivity index (χ0n) is 27.1. The quantitative estimate of drug-likeness (QED) is 0.203. The van der Waals surface area contributed by atoms with Crippen LogP contribution in [0.4, 0.5) is 23.2 Å². The van der Waals surface area contributed by atoms with E-state index in [1.165, 1.54) is 6.92 Å². The molecule has 1 aliphatic heterocycles. The maximum Gasteiger partial charge on any atom is 0.416 e. The summed E-state index contributed by atoms with van der Waals surface area (Å²) in [6.45, 7) is 1.87. The number of carbonyl (C=O) groups is 2. The molecule has 15 heteroatoms. The summed E-state index contributed by atoms with van der Waals surface area (Å²) in [4.78, 5) is 54.9. The predicted octanol–water partition coefficient (Wildman–Crippen LogP) is 3.36. The first-order valence-electron chi connectivity index (χ1n) is 15.8. The molecule has 1 aliphatic rings. The van der Waals surface area contributed by atoms with E-state index in [0.29, 0.717) is 43.9 Å². The molecular formula is C35H36F4N6O5. The monoisotopic (exact) mass is 696 g/mol. The summed E-state index contributed by atoms with van der Waals surface area (Å²) in [5.74, 6) is -2.82. The normalized spacial score (nSPS) is 14.4. The number of nitrogens with two attached hydrogens (primary N) is 1. The van der Waals surface area contributed by atoms with Gasteiger partial charge in [-0.25, -0.2) is 9.18 Å². The number of piperazine rings is 1. The highest BCUT2D eigenvalue weighted by atomic mass is 19.4. The number of hydrogen-bond acceptors (Lipinski definition) is 7. The Labute approximate surface area is 284 Å². The van der Waals surface area contributed by atoms with E-state index in [4.69, 9.17) is 10.8 Å². The maximum atomic E-state index is 15.0. The second-order valence-corrected chi connectivity index (χ2v) is 12.0. The lowest BCUT2D eigenvalue weighted by Gasteiger charge is -2.37. The maximum absolute atomic E-state index is 15.0. The number of carboxylic acids is 1. The van der Waals surface area contributed by atoms with Crippen molar-refractivity contribution < 1.29 is 32.3 Å². The van der Waals surface area contributed by atoms with Gasteiger partial charge < -0.3 is 21.1 Å².